The number of hydrogen-bond acceptors (Lipinski definition) is 3. The van der Waals surface area contributed by atoms with E-state index in [9.17, 15) is 0 Å². The maximum absolute atomic E-state index is 5.88. The van der Waals surface area contributed by atoms with Crippen LogP contribution in [0, 0.1) is 12.3 Å². The molecule has 0 aliphatic heterocycles. The number of terminal acetylenes is 1. The number of imidazole rings is 1. The highest BCUT2D eigenvalue weighted by Crippen LogP contribution is 2.20. The molecule has 2 aromatic heterocycles. The Kier molecular flexibility index (Phi) is 2.28. The molecule has 0 spiro atoms. The van der Waals surface area contributed by atoms with Gasteiger partial charge in [-0.15, -0.1) is 6.42 Å². The van der Waals surface area contributed by atoms with Crippen molar-refractivity contribution >= 4 is 34.4 Å². The zero-order chi connectivity index (χ0) is 10.1. The Morgan fingerprint density at radius 3 is 2.93 bits per heavy atom. The third-order valence-electron chi connectivity index (χ3n) is 1.66. The topological polar surface area (TPSA) is 43.6 Å². The van der Waals surface area contributed by atoms with E-state index in [1.54, 1.807) is 10.9 Å². The second-order valence-electron chi connectivity index (χ2n) is 2.53. The average Bonchev–Trinajstić information content (AvgIpc) is 2.49. The third-order valence-corrected chi connectivity index (χ3v) is 2.10. The summed E-state index contributed by atoms with van der Waals surface area (Å²) in [5.41, 5.74) is 1.05. The minimum atomic E-state index is 0.0773. The SMILES string of the molecule is C#CCn1cnc2nc(Cl)nc(Cl)c21. The highest BCUT2D eigenvalue weighted by molar-refractivity contribution is 6.35. The van der Waals surface area contributed by atoms with Gasteiger partial charge in [-0.2, -0.15) is 4.98 Å². The molecule has 0 amide bonds. The second-order valence-corrected chi connectivity index (χ2v) is 3.23. The maximum Gasteiger partial charge on any atom is 0.225 e. The maximum atomic E-state index is 5.88. The molecular formula is C8H4Cl2N4. The molecule has 4 nitrogen and oxygen atoms in total. The molecular weight excluding hydrogens is 223 g/mol. The van der Waals surface area contributed by atoms with Crippen molar-refractivity contribution in [1.82, 2.24) is 19.5 Å². The smallest absolute Gasteiger partial charge is 0.225 e. The van der Waals surface area contributed by atoms with E-state index in [4.69, 9.17) is 29.6 Å². The van der Waals surface area contributed by atoms with Gasteiger partial charge in [-0.3, -0.25) is 0 Å². The molecule has 0 aromatic carbocycles. The van der Waals surface area contributed by atoms with Crippen molar-refractivity contribution in [3.8, 4) is 12.3 Å². The number of hydrogen-bond donors (Lipinski definition) is 0. The largest absolute Gasteiger partial charge is 0.315 e. The van der Waals surface area contributed by atoms with Gasteiger partial charge in [0.15, 0.2) is 10.8 Å². The molecule has 0 fully saturated rings. The summed E-state index contributed by atoms with van der Waals surface area (Å²) in [7, 11) is 0. The Balaban J connectivity index is 2.74. The molecule has 0 bridgehead atoms. The van der Waals surface area contributed by atoms with E-state index in [0.717, 1.165) is 0 Å². The van der Waals surface area contributed by atoms with E-state index in [2.05, 4.69) is 20.9 Å². The zero-order valence-electron chi connectivity index (χ0n) is 6.91. The lowest BCUT2D eigenvalue weighted by Gasteiger charge is -1.98. The fourth-order valence-electron chi connectivity index (χ4n) is 1.13. The van der Waals surface area contributed by atoms with Crippen LogP contribution in [0.1, 0.15) is 0 Å². The quantitative estimate of drug-likeness (QED) is 0.423. The van der Waals surface area contributed by atoms with Crippen molar-refractivity contribution in [3.05, 3.63) is 16.8 Å². The first-order valence-electron chi connectivity index (χ1n) is 3.69. The highest BCUT2D eigenvalue weighted by Gasteiger charge is 2.10. The van der Waals surface area contributed by atoms with Crippen LogP contribution in [0.4, 0.5) is 0 Å². The molecule has 0 unspecified atom stereocenters. The van der Waals surface area contributed by atoms with E-state index in [-0.39, 0.29) is 10.4 Å². The van der Waals surface area contributed by atoms with Gasteiger partial charge in [0.2, 0.25) is 5.28 Å². The van der Waals surface area contributed by atoms with Crippen molar-refractivity contribution in [3.63, 3.8) is 0 Å². The van der Waals surface area contributed by atoms with Crippen LogP contribution in [0.5, 0.6) is 0 Å². The predicted molar refractivity (Wildman–Crippen MR) is 54.2 cm³/mol. The number of halogens is 2. The Labute approximate surface area is 89.9 Å². The molecule has 70 valence electrons. The molecule has 0 N–H and O–H groups in total. The van der Waals surface area contributed by atoms with Crippen LogP contribution >= 0.6 is 23.2 Å². The number of aromatic nitrogens is 4. The minimum absolute atomic E-state index is 0.0773. The molecule has 0 aliphatic carbocycles. The van der Waals surface area contributed by atoms with E-state index in [1.807, 2.05) is 0 Å². The molecule has 6 heteroatoms. The lowest BCUT2D eigenvalue weighted by atomic mass is 10.5. The molecule has 0 aliphatic rings. The van der Waals surface area contributed by atoms with E-state index in [0.29, 0.717) is 17.7 Å². The van der Waals surface area contributed by atoms with Crippen molar-refractivity contribution in [2.24, 2.45) is 0 Å². The summed E-state index contributed by atoms with van der Waals surface area (Å²) in [6.07, 6.45) is 6.74. The number of rotatable bonds is 1. The zero-order valence-corrected chi connectivity index (χ0v) is 8.42. The molecule has 0 saturated heterocycles. The van der Waals surface area contributed by atoms with Crippen molar-refractivity contribution in [1.29, 1.82) is 0 Å². The summed E-state index contributed by atoms with van der Waals surface area (Å²) in [6, 6.07) is 0. The molecule has 0 saturated carbocycles. The van der Waals surface area contributed by atoms with Crippen LogP contribution < -0.4 is 0 Å². The van der Waals surface area contributed by atoms with Gasteiger partial charge in [0.1, 0.15) is 5.52 Å². The van der Waals surface area contributed by atoms with E-state index >= 15 is 0 Å². The lowest BCUT2D eigenvalue weighted by molar-refractivity contribution is 0.869. The summed E-state index contributed by atoms with van der Waals surface area (Å²) in [5, 5.41) is 0.334. The van der Waals surface area contributed by atoms with Crippen molar-refractivity contribution < 1.29 is 0 Å². The Morgan fingerprint density at radius 2 is 2.21 bits per heavy atom. The van der Waals surface area contributed by atoms with Gasteiger partial charge in [-0.25, -0.2) is 9.97 Å². The standard InChI is InChI=1S/C8H4Cl2N4/c1-2-3-14-4-11-7-5(14)6(9)12-8(10)13-7/h1,4H,3H2. The fraction of sp³-hybridized carbons (Fsp3) is 0.125. The predicted octanol–water partition coefficient (Wildman–Crippen LogP) is 1.77. The normalized spacial score (nSPS) is 10.4. The summed E-state index contributed by atoms with van der Waals surface area (Å²) in [4.78, 5) is 11.7. The van der Waals surface area contributed by atoms with Gasteiger partial charge in [0, 0.05) is 0 Å². The summed E-state index contributed by atoms with van der Waals surface area (Å²) in [5.74, 6) is 2.48. The first-order chi connectivity index (χ1) is 6.72. The number of nitrogens with zero attached hydrogens (tertiary/aromatic N) is 4. The molecule has 2 rings (SSSR count). The van der Waals surface area contributed by atoms with Crippen molar-refractivity contribution in [2.45, 2.75) is 6.54 Å². The minimum Gasteiger partial charge on any atom is -0.315 e. The Hall–Kier alpha value is -1.31. The Bertz CT molecular complexity index is 526. The van der Waals surface area contributed by atoms with E-state index < -0.39 is 0 Å². The number of fused-ring (bicyclic) bond motifs is 1. The molecule has 14 heavy (non-hydrogen) atoms. The molecule has 2 aromatic rings. The first kappa shape index (κ1) is 9.25. The van der Waals surface area contributed by atoms with Crippen LogP contribution in [0.2, 0.25) is 10.4 Å². The van der Waals surface area contributed by atoms with Crippen LogP contribution in [-0.4, -0.2) is 19.5 Å². The van der Waals surface area contributed by atoms with Gasteiger partial charge in [0.05, 0.1) is 12.9 Å². The highest BCUT2D eigenvalue weighted by atomic mass is 35.5. The van der Waals surface area contributed by atoms with Gasteiger partial charge in [0.25, 0.3) is 0 Å². The Morgan fingerprint density at radius 1 is 1.43 bits per heavy atom. The second kappa shape index (κ2) is 3.45. The summed E-state index contributed by atoms with van der Waals surface area (Å²) < 4.78 is 1.69. The molecule has 0 atom stereocenters. The van der Waals surface area contributed by atoms with Gasteiger partial charge >= 0.3 is 0 Å². The monoisotopic (exact) mass is 226 g/mol. The van der Waals surface area contributed by atoms with Gasteiger partial charge < -0.3 is 4.57 Å². The van der Waals surface area contributed by atoms with E-state index in [1.165, 1.54) is 0 Å². The lowest BCUT2D eigenvalue weighted by Crippen LogP contribution is -1.95. The average molecular weight is 227 g/mol. The van der Waals surface area contributed by atoms with Crippen LogP contribution in [-0.2, 0) is 6.54 Å². The first-order valence-corrected chi connectivity index (χ1v) is 4.45. The van der Waals surface area contributed by atoms with Crippen LogP contribution in [0.15, 0.2) is 6.33 Å². The van der Waals surface area contributed by atoms with Crippen LogP contribution in [0.3, 0.4) is 0 Å². The molecule has 2 heterocycles. The summed E-state index contributed by atoms with van der Waals surface area (Å²) in [6.45, 7) is 0.376. The van der Waals surface area contributed by atoms with Gasteiger partial charge in [-0.05, 0) is 11.6 Å². The van der Waals surface area contributed by atoms with Crippen LogP contribution in [0.25, 0.3) is 11.2 Å². The third kappa shape index (κ3) is 1.41. The fourth-order valence-corrected chi connectivity index (χ4v) is 1.61. The van der Waals surface area contributed by atoms with Gasteiger partial charge in [-0.1, -0.05) is 17.5 Å². The van der Waals surface area contributed by atoms with Crippen molar-refractivity contribution in [2.75, 3.05) is 0 Å². The molecule has 0 radical (unpaired) electrons. The summed E-state index contributed by atoms with van der Waals surface area (Å²) >= 11 is 11.5.